The first-order chi connectivity index (χ1) is 20.8. The van der Waals surface area contributed by atoms with Crippen LogP contribution in [-0.2, 0) is 0 Å². The molecule has 2 heterocycles. The summed E-state index contributed by atoms with van der Waals surface area (Å²) in [5, 5.41) is 2.18. The molecule has 0 N–H and O–H groups in total. The van der Waals surface area contributed by atoms with Crippen LogP contribution in [0.25, 0.3) is 77.9 Å². The SMILES string of the molecule is c1ccc(-c2nc3ccccc3nc2-c2ccc(-c3nc4ccccc4nc3-c3ccccc3)c3ccccc23)cc1. The zero-order chi connectivity index (χ0) is 27.9. The Balaban J connectivity index is 1.42. The van der Waals surface area contributed by atoms with E-state index in [1.165, 1.54) is 0 Å². The Bertz CT molecular complexity index is 2080. The maximum Gasteiger partial charge on any atom is 0.0979 e. The summed E-state index contributed by atoms with van der Waals surface area (Å²) in [4.78, 5) is 20.6. The van der Waals surface area contributed by atoms with Gasteiger partial charge in [-0.15, -0.1) is 0 Å². The predicted octanol–water partition coefficient (Wildman–Crippen LogP) is 9.39. The van der Waals surface area contributed by atoms with Crippen LogP contribution in [-0.4, -0.2) is 19.9 Å². The zero-order valence-electron chi connectivity index (χ0n) is 22.6. The second-order valence-corrected chi connectivity index (χ2v) is 10.3. The summed E-state index contributed by atoms with van der Waals surface area (Å²) in [6.45, 7) is 0. The van der Waals surface area contributed by atoms with Crippen molar-refractivity contribution in [3.8, 4) is 45.0 Å². The highest BCUT2D eigenvalue weighted by Crippen LogP contribution is 2.40. The lowest BCUT2D eigenvalue weighted by Gasteiger charge is -2.16. The fourth-order valence-corrected chi connectivity index (χ4v) is 5.68. The van der Waals surface area contributed by atoms with E-state index in [-0.39, 0.29) is 0 Å². The number of hydrogen-bond donors (Lipinski definition) is 0. The third-order valence-corrected chi connectivity index (χ3v) is 7.67. The number of hydrogen-bond acceptors (Lipinski definition) is 4. The summed E-state index contributed by atoms with van der Waals surface area (Å²) >= 11 is 0. The molecule has 196 valence electrons. The Kier molecular flexibility index (Phi) is 5.75. The second kappa shape index (κ2) is 10.0. The molecule has 0 spiro atoms. The van der Waals surface area contributed by atoms with Crippen molar-refractivity contribution in [3.05, 3.63) is 146 Å². The molecule has 8 aromatic rings. The molecule has 6 aromatic carbocycles. The van der Waals surface area contributed by atoms with Gasteiger partial charge < -0.3 is 0 Å². The maximum atomic E-state index is 5.19. The summed E-state index contributed by atoms with van der Waals surface area (Å²) in [5.41, 5.74) is 11.1. The standard InChI is InChI=1S/C38H24N4/c1-3-13-25(14-4-1)35-37(41-33-21-11-9-19-31(33)39-35)29-23-24-30(28-18-8-7-17-27(28)29)38-36(26-15-5-2-6-16-26)40-32-20-10-12-22-34(32)42-38/h1-24H. The van der Waals surface area contributed by atoms with Crippen LogP contribution < -0.4 is 0 Å². The number of fused-ring (bicyclic) bond motifs is 3. The molecule has 0 amide bonds. The number of nitrogens with zero attached hydrogens (tertiary/aromatic N) is 4. The fourth-order valence-electron chi connectivity index (χ4n) is 5.68. The normalized spacial score (nSPS) is 11.3. The minimum atomic E-state index is 0.857. The first kappa shape index (κ1) is 24.1. The van der Waals surface area contributed by atoms with E-state index in [2.05, 4.69) is 60.7 Å². The lowest BCUT2D eigenvalue weighted by Crippen LogP contribution is -1.98. The Morgan fingerprint density at radius 2 is 0.571 bits per heavy atom. The van der Waals surface area contributed by atoms with Crippen molar-refractivity contribution in [2.24, 2.45) is 0 Å². The highest BCUT2D eigenvalue weighted by atomic mass is 14.8. The van der Waals surface area contributed by atoms with E-state index in [9.17, 15) is 0 Å². The average molecular weight is 537 g/mol. The van der Waals surface area contributed by atoms with Gasteiger partial charge in [-0.25, -0.2) is 19.9 Å². The number of rotatable bonds is 4. The molecule has 0 bridgehead atoms. The van der Waals surface area contributed by atoms with Gasteiger partial charge in [0.2, 0.25) is 0 Å². The molecular weight excluding hydrogens is 512 g/mol. The van der Waals surface area contributed by atoms with Gasteiger partial charge in [0.25, 0.3) is 0 Å². The van der Waals surface area contributed by atoms with E-state index in [1.54, 1.807) is 0 Å². The first-order valence-corrected chi connectivity index (χ1v) is 14.0. The van der Waals surface area contributed by atoms with Gasteiger partial charge in [0.15, 0.2) is 0 Å². The third-order valence-electron chi connectivity index (χ3n) is 7.67. The molecule has 0 aliphatic heterocycles. The van der Waals surface area contributed by atoms with Crippen LogP contribution in [0, 0.1) is 0 Å². The first-order valence-electron chi connectivity index (χ1n) is 14.0. The van der Waals surface area contributed by atoms with Gasteiger partial charge in [0, 0.05) is 22.3 Å². The van der Waals surface area contributed by atoms with E-state index >= 15 is 0 Å². The van der Waals surface area contributed by atoms with Crippen molar-refractivity contribution >= 4 is 32.8 Å². The van der Waals surface area contributed by atoms with Crippen LogP contribution in [0.1, 0.15) is 0 Å². The minimum Gasteiger partial charge on any atom is -0.244 e. The Morgan fingerprint density at radius 3 is 0.952 bits per heavy atom. The molecule has 4 nitrogen and oxygen atoms in total. The molecule has 0 aliphatic rings. The van der Waals surface area contributed by atoms with Crippen molar-refractivity contribution in [2.75, 3.05) is 0 Å². The Morgan fingerprint density at radius 1 is 0.262 bits per heavy atom. The largest absolute Gasteiger partial charge is 0.244 e. The number of benzene rings is 6. The van der Waals surface area contributed by atoms with Gasteiger partial charge in [-0.3, -0.25) is 0 Å². The zero-order valence-corrected chi connectivity index (χ0v) is 22.6. The molecule has 2 aromatic heterocycles. The van der Waals surface area contributed by atoms with Gasteiger partial charge in [-0.2, -0.15) is 0 Å². The quantitative estimate of drug-likeness (QED) is 0.225. The fraction of sp³-hybridized carbons (Fsp3) is 0. The van der Waals surface area contributed by atoms with Crippen molar-refractivity contribution in [3.63, 3.8) is 0 Å². The lowest BCUT2D eigenvalue weighted by atomic mass is 9.92. The Labute approximate surface area is 243 Å². The van der Waals surface area contributed by atoms with Crippen molar-refractivity contribution < 1.29 is 0 Å². The molecule has 42 heavy (non-hydrogen) atoms. The molecule has 8 rings (SSSR count). The molecule has 0 fully saturated rings. The van der Waals surface area contributed by atoms with Crippen molar-refractivity contribution in [1.29, 1.82) is 0 Å². The van der Waals surface area contributed by atoms with Crippen LogP contribution >= 0.6 is 0 Å². The van der Waals surface area contributed by atoms with Crippen LogP contribution in [0.2, 0.25) is 0 Å². The maximum absolute atomic E-state index is 5.19. The van der Waals surface area contributed by atoms with E-state index in [0.29, 0.717) is 0 Å². The van der Waals surface area contributed by atoms with Gasteiger partial charge in [0.05, 0.1) is 44.8 Å². The van der Waals surface area contributed by atoms with Crippen LogP contribution in [0.3, 0.4) is 0 Å². The molecular formula is C38H24N4. The third kappa shape index (κ3) is 4.09. The van der Waals surface area contributed by atoms with E-state index in [4.69, 9.17) is 19.9 Å². The van der Waals surface area contributed by atoms with Gasteiger partial charge in [-0.1, -0.05) is 121 Å². The van der Waals surface area contributed by atoms with E-state index < -0.39 is 0 Å². The number of aromatic nitrogens is 4. The van der Waals surface area contributed by atoms with Gasteiger partial charge in [0.1, 0.15) is 0 Å². The molecule has 0 saturated carbocycles. The van der Waals surface area contributed by atoms with Crippen LogP contribution in [0.4, 0.5) is 0 Å². The van der Waals surface area contributed by atoms with E-state index in [1.807, 2.05) is 84.9 Å². The smallest absolute Gasteiger partial charge is 0.0979 e. The summed E-state index contributed by atoms with van der Waals surface area (Å²) in [6.07, 6.45) is 0. The summed E-state index contributed by atoms with van der Waals surface area (Å²) in [6, 6.07) is 49.5. The minimum absolute atomic E-state index is 0.857. The van der Waals surface area contributed by atoms with Gasteiger partial charge in [-0.05, 0) is 35.0 Å². The highest BCUT2D eigenvalue weighted by Gasteiger charge is 2.20. The average Bonchev–Trinajstić information content (AvgIpc) is 3.07. The monoisotopic (exact) mass is 536 g/mol. The van der Waals surface area contributed by atoms with Crippen molar-refractivity contribution in [2.45, 2.75) is 0 Å². The highest BCUT2D eigenvalue weighted by molar-refractivity contribution is 6.07. The Hall–Kier alpha value is -5.74. The topological polar surface area (TPSA) is 51.6 Å². The second-order valence-electron chi connectivity index (χ2n) is 10.3. The van der Waals surface area contributed by atoms with Gasteiger partial charge >= 0.3 is 0 Å². The molecule has 0 aliphatic carbocycles. The number of para-hydroxylation sites is 4. The lowest BCUT2D eigenvalue weighted by molar-refractivity contribution is 1.29. The molecule has 0 saturated heterocycles. The van der Waals surface area contributed by atoms with Crippen molar-refractivity contribution in [1.82, 2.24) is 19.9 Å². The summed E-state index contributed by atoms with van der Waals surface area (Å²) in [5.74, 6) is 0. The molecule has 4 heteroatoms. The van der Waals surface area contributed by atoms with Crippen LogP contribution in [0.5, 0.6) is 0 Å². The molecule has 0 unspecified atom stereocenters. The molecule has 0 atom stereocenters. The predicted molar refractivity (Wildman–Crippen MR) is 172 cm³/mol. The summed E-state index contributed by atoms with van der Waals surface area (Å²) < 4.78 is 0. The van der Waals surface area contributed by atoms with Crippen LogP contribution in [0.15, 0.2) is 146 Å². The molecule has 0 radical (unpaired) electrons. The van der Waals surface area contributed by atoms with E-state index in [0.717, 1.165) is 77.9 Å². The summed E-state index contributed by atoms with van der Waals surface area (Å²) in [7, 11) is 0.